The van der Waals surface area contributed by atoms with Gasteiger partial charge in [0.1, 0.15) is 23.9 Å². The predicted molar refractivity (Wildman–Crippen MR) is 131 cm³/mol. The molecule has 0 aliphatic rings. The first-order valence-corrected chi connectivity index (χ1v) is 11.1. The van der Waals surface area contributed by atoms with E-state index in [1.807, 2.05) is 44.2 Å². The van der Waals surface area contributed by atoms with Crippen LogP contribution in [-0.2, 0) is 17.9 Å². The zero-order chi connectivity index (χ0) is 24.2. The van der Waals surface area contributed by atoms with Gasteiger partial charge in [-0.2, -0.15) is 0 Å². The van der Waals surface area contributed by atoms with Crippen LogP contribution in [0.4, 0.5) is 4.39 Å². The summed E-state index contributed by atoms with van der Waals surface area (Å²) >= 11 is 0. The summed E-state index contributed by atoms with van der Waals surface area (Å²) in [6, 6.07) is 20.8. The molecule has 1 heterocycles. The van der Waals surface area contributed by atoms with Crippen LogP contribution >= 0.6 is 0 Å². The Bertz CT molecular complexity index is 1390. The van der Waals surface area contributed by atoms with Gasteiger partial charge in [0.25, 0.3) is 5.56 Å². The van der Waals surface area contributed by atoms with Gasteiger partial charge in [0, 0.05) is 22.9 Å². The molecule has 0 spiro atoms. The molecule has 34 heavy (non-hydrogen) atoms. The smallest absolute Gasteiger partial charge is 0.355 e. The van der Waals surface area contributed by atoms with Gasteiger partial charge in [-0.15, -0.1) is 0 Å². The van der Waals surface area contributed by atoms with Crippen molar-refractivity contribution < 1.29 is 18.7 Å². The number of rotatable bonds is 7. The van der Waals surface area contributed by atoms with Gasteiger partial charge in [0.2, 0.25) is 0 Å². The van der Waals surface area contributed by atoms with Crippen LogP contribution in [0.1, 0.15) is 29.9 Å². The summed E-state index contributed by atoms with van der Waals surface area (Å²) in [6.45, 7) is 4.57. The molecule has 0 radical (unpaired) electrons. The third-order valence-electron chi connectivity index (χ3n) is 5.53. The topological polar surface area (TPSA) is 57.5 Å². The highest BCUT2D eigenvalue weighted by molar-refractivity contribution is 6.07. The van der Waals surface area contributed by atoms with Gasteiger partial charge in [-0.05, 0) is 47.4 Å². The van der Waals surface area contributed by atoms with Crippen LogP contribution in [-0.4, -0.2) is 17.6 Å². The van der Waals surface area contributed by atoms with Gasteiger partial charge in [0.05, 0.1) is 7.11 Å². The number of carbonyl (C=O) groups is 1. The maximum absolute atomic E-state index is 14.2. The molecule has 6 heteroatoms. The second kappa shape index (κ2) is 9.91. The lowest BCUT2D eigenvalue weighted by Gasteiger charge is -2.20. The molecule has 4 aromatic rings. The van der Waals surface area contributed by atoms with Crippen molar-refractivity contribution in [3.63, 3.8) is 0 Å². The molecule has 0 saturated heterocycles. The van der Waals surface area contributed by atoms with E-state index in [4.69, 9.17) is 9.47 Å². The van der Waals surface area contributed by atoms with Crippen molar-refractivity contribution in [3.05, 3.63) is 100 Å². The van der Waals surface area contributed by atoms with Crippen LogP contribution in [0.3, 0.4) is 0 Å². The van der Waals surface area contributed by atoms with Gasteiger partial charge < -0.3 is 14.0 Å². The molecular formula is C28H26FNO4. The first-order chi connectivity index (χ1) is 16.4. The normalized spacial score (nSPS) is 11.1. The first-order valence-electron chi connectivity index (χ1n) is 11.1. The molecule has 4 rings (SSSR count). The highest BCUT2D eigenvalue weighted by Crippen LogP contribution is 2.34. The molecule has 0 aliphatic heterocycles. The number of fused-ring (bicyclic) bond motifs is 1. The highest BCUT2D eigenvalue weighted by Gasteiger charge is 2.25. The number of methoxy groups -OCH3 is 1. The minimum absolute atomic E-state index is 0.0902. The van der Waals surface area contributed by atoms with E-state index in [0.29, 0.717) is 40.8 Å². The summed E-state index contributed by atoms with van der Waals surface area (Å²) in [5, 5.41) is 0.918. The molecule has 1 aromatic heterocycles. The molecule has 174 valence electrons. The van der Waals surface area contributed by atoms with Crippen LogP contribution in [0.25, 0.3) is 21.9 Å². The molecule has 0 amide bonds. The average Bonchev–Trinajstić information content (AvgIpc) is 2.84. The summed E-state index contributed by atoms with van der Waals surface area (Å²) in [6.07, 6.45) is 0. The zero-order valence-corrected chi connectivity index (χ0v) is 19.4. The van der Waals surface area contributed by atoms with Gasteiger partial charge in [0.15, 0.2) is 0 Å². The van der Waals surface area contributed by atoms with E-state index < -0.39 is 11.8 Å². The van der Waals surface area contributed by atoms with Crippen LogP contribution in [0.5, 0.6) is 5.75 Å². The summed E-state index contributed by atoms with van der Waals surface area (Å²) in [5.41, 5.74) is 1.70. The molecule has 0 saturated carbocycles. The number of aromatic nitrogens is 1. The number of pyridine rings is 1. The van der Waals surface area contributed by atoms with E-state index >= 15 is 0 Å². The summed E-state index contributed by atoms with van der Waals surface area (Å²) in [7, 11) is 1.27. The maximum Gasteiger partial charge on any atom is 0.355 e. The molecule has 3 aromatic carbocycles. The molecule has 5 nitrogen and oxygen atoms in total. The van der Waals surface area contributed by atoms with E-state index in [1.54, 1.807) is 30.3 Å². The highest BCUT2D eigenvalue weighted by atomic mass is 19.1. The standard InChI is InChI=1S/C28H26FNO4/c1-18(2)16-30-26(28(32)33-3)25(20-10-7-11-21(29)14-20)24-15-22(12-13-23(24)27(30)31)34-17-19-8-5-4-6-9-19/h4-15,18H,16-17H2,1-3H3. The number of hydrogen-bond donors (Lipinski definition) is 0. The van der Waals surface area contributed by atoms with Crippen molar-refractivity contribution in [3.8, 4) is 16.9 Å². The van der Waals surface area contributed by atoms with Crippen LogP contribution in [0.2, 0.25) is 0 Å². The number of esters is 1. The number of ether oxygens (including phenoxy) is 2. The maximum atomic E-state index is 14.2. The van der Waals surface area contributed by atoms with Gasteiger partial charge in [-0.1, -0.05) is 56.3 Å². The Balaban J connectivity index is 1.98. The summed E-state index contributed by atoms with van der Waals surface area (Å²) < 4.78 is 26.7. The van der Waals surface area contributed by atoms with Gasteiger partial charge in [-0.3, -0.25) is 4.79 Å². The number of halogens is 1. The van der Waals surface area contributed by atoms with Crippen molar-refractivity contribution in [1.29, 1.82) is 0 Å². The third kappa shape index (κ3) is 4.71. The number of benzene rings is 3. The molecule has 0 aliphatic carbocycles. The van der Waals surface area contributed by atoms with Crippen LogP contribution in [0, 0.1) is 11.7 Å². The van der Waals surface area contributed by atoms with Crippen molar-refractivity contribution in [2.24, 2.45) is 5.92 Å². The fourth-order valence-electron chi connectivity index (χ4n) is 4.04. The van der Waals surface area contributed by atoms with Crippen molar-refractivity contribution >= 4 is 16.7 Å². The summed E-state index contributed by atoms with van der Waals surface area (Å²) in [4.78, 5) is 26.5. The Morgan fingerprint density at radius 2 is 1.74 bits per heavy atom. The van der Waals surface area contributed by atoms with E-state index in [2.05, 4.69) is 0 Å². The van der Waals surface area contributed by atoms with Crippen LogP contribution in [0.15, 0.2) is 77.6 Å². The van der Waals surface area contributed by atoms with E-state index in [1.165, 1.54) is 23.8 Å². The number of hydrogen-bond acceptors (Lipinski definition) is 4. The molecule has 0 N–H and O–H groups in total. The Morgan fingerprint density at radius 3 is 2.41 bits per heavy atom. The molecule has 0 unspecified atom stereocenters. The van der Waals surface area contributed by atoms with Gasteiger partial charge >= 0.3 is 5.97 Å². The number of nitrogens with zero attached hydrogens (tertiary/aromatic N) is 1. The van der Waals surface area contributed by atoms with Crippen molar-refractivity contribution in [2.45, 2.75) is 27.0 Å². The third-order valence-corrected chi connectivity index (χ3v) is 5.53. The number of carbonyl (C=O) groups excluding carboxylic acids is 1. The lowest BCUT2D eigenvalue weighted by molar-refractivity contribution is 0.0587. The quantitative estimate of drug-likeness (QED) is 0.326. The Labute approximate surface area is 197 Å². The van der Waals surface area contributed by atoms with E-state index in [9.17, 15) is 14.0 Å². The largest absolute Gasteiger partial charge is 0.489 e. The van der Waals surface area contributed by atoms with Crippen LogP contribution < -0.4 is 10.3 Å². The van der Waals surface area contributed by atoms with E-state index in [0.717, 1.165) is 5.56 Å². The predicted octanol–water partition coefficient (Wildman–Crippen LogP) is 5.83. The van der Waals surface area contributed by atoms with Crippen molar-refractivity contribution in [1.82, 2.24) is 4.57 Å². The average molecular weight is 460 g/mol. The molecular weight excluding hydrogens is 433 g/mol. The van der Waals surface area contributed by atoms with Gasteiger partial charge in [-0.25, -0.2) is 9.18 Å². The summed E-state index contributed by atoms with van der Waals surface area (Å²) in [5.74, 6) is -0.479. The Morgan fingerprint density at radius 1 is 0.971 bits per heavy atom. The second-order valence-electron chi connectivity index (χ2n) is 8.52. The monoisotopic (exact) mass is 459 g/mol. The molecule has 0 bridgehead atoms. The SMILES string of the molecule is COC(=O)c1c(-c2cccc(F)c2)c2cc(OCc3ccccc3)ccc2c(=O)n1CC(C)C. The zero-order valence-electron chi connectivity index (χ0n) is 19.4. The lowest BCUT2D eigenvalue weighted by Crippen LogP contribution is -2.29. The molecule has 0 fully saturated rings. The van der Waals surface area contributed by atoms with E-state index in [-0.39, 0.29) is 17.2 Å². The lowest BCUT2D eigenvalue weighted by atomic mass is 9.96. The first kappa shape index (κ1) is 23.2. The second-order valence-corrected chi connectivity index (χ2v) is 8.52. The Hall–Kier alpha value is -3.93. The minimum Gasteiger partial charge on any atom is -0.489 e. The fraction of sp³-hybridized carbons (Fsp3) is 0.214. The fourth-order valence-corrected chi connectivity index (χ4v) is 4.04. The molecule has 0 atom stereocenters. The Kier molecular flexibility index (Phi) is 6.77. The minimum atomic E-state index is -0.658. The van der Waals surface area contributed by atoms with Crippen molar-refractivity contribution in [2.75, 3.05) is 7.11 Å².